The number of carbonyl (C=O) groups excluding carboxylic acids is 2. The molecule has 0 aliphatic carbocycles. The number of thiophene rings is 1. The van der Waals surface area contributed by atoms with Gasteiger partial charge in [0.25, 0.3) is 5.91 Å². The van der Waals surface area contributed by atoms with E-state index in [1.165, 1.54) is 10.4 Å². The lowest BCUT2D eigenvalue weighted by atomic mass is 9.96. The first-order valence-corrected chi connectivity index (χ1v) is 12.3. The van der Waals surface area contributed by atoms with E-state index in [0.29, 0.717) is 38.2 Å². The number of piperidine rings is 1. The molecule has 0 radical (unpaired) electrons. The molecule has 1 saturated heterocycles. The Hall–Kier alpha value is -3.20. The van der Waals surface area contributed by atoms with Crippen LogP contribution in [0.1, 0.15) is 35.8 Å². The number of nitrogens with zero attached hydrogens (tertiary/aromatic N) is 3. The van der Waals surface area contributed by atoms with Gasteiger partial charge in [-0.05, 0) is 45.2 Å². The molecule has 8 nitrogen and oxygen atoms in total. The minimum Gasteiger partial charge on any atom is -0.496 e. The number of aromatic nitrogens is 2. The van der Waals surface area contributed by atoms with E-state index in [1.807, 2.05) is 24.3 Å². The Balaban J connectivity index is 1.30. The number of para-hydroxylation sites is 1. The summed E-state index contributed by atoms with van der Waals surface area (Å²) in [4.78, 5) is 38.6. The summed E-state index contributed by atoms with van der Waals surface area (Å²) >= 11 is 1.68. The zero-order valence-electron chi connectivity index (χ0n) is 20.0. The van der Waals surface area contributed by atoms with Gasteiger partial charge < -0.3 is 19.7 Å². The van der Waals surface area contributed by atoms with Gasteiger partial charge in [-0.3, -0.25) is 9.59 Å². The predicted octanol–water partition coefficient (Wildman–Crippen LogP) is 3.78. The van der Waals surface area contributed by atoms with Crippen molar-refractivity contribution >= 4 is 39.2 Å². The van der Waals surface area contributed by atoms with Crippen LogP contribution in [-0.2, 0) is 20.9 Å². The maximum atomic E-state index is 12.7. The highest BCUT2D eigenvalue weighted by Gasteiger charge is 2.30. The predicted molar refractivity (Wildman–Crippen MR) is 132 cm³/mol. The topological polar surface area (TPSA) is 93.6 Å². The van der Waals surface area contributed by atoms with Crippen LogP contribution in [0.2, 0.25) is 0 Å². The van der Waals surface area contributed by atoms with Crippen LogP contribution in [0.3, 0.4) is 0 Å². The van der Waals surface area contributed by atoms with Gasteiger partial charge in [-0.1, -0.05) is 18.2 Å². The standard InChI is InChI=1S/C25H30N4O4S/c1-15-17(3)34-24-21(15)22(27-14-28-24)29-11-9-18(10-12-29)25(31)33-16(2)23(30)26-13-19-7-5-6-8-20(19)32-4/h5-8,14,16,18H,9-13H2,1-4H3,(H,26,30). The molecule has 2 aromatic heterocycles. The summed E-state index contributed by atoms with van der Waals surface area (Å²) in [7, 11) is 1.59. The monoisotopic (exact) mass is 482 g/mol. The van der Waals surface area contributed by atoms with Gasteiger partial charge in [0, 0.05) is 30.1 Å². The number of hydrogen-bond donors (Lipinski definition) is 1. The lowest BCUT2D eigenvalue weighted by Crippen LogP contribution is -2.40. The molecule has 1 aliphatic rings. The van der Waals surface area contributed by atoms with E-state index in [9.17, 15) is 9.59 Å². The van der Waals surface area contributed by atoms with Gasteiger partial charge >= 0.3 is 5.97 Å². The lowest BCUT2D eigenvalue weighted by Gasteiger charge is -2.32. The van der Waals surface area contributed by atoms with Gasteiger partial charge in [-0.15, -0.1) is 11.3 Å². The summed E-state index contributed by atoms with van der Waals surface area (Å²) in [5, 5.41) is 3.92. The maximum Gasteiger partial charge on any atom is 0.309 e. The second-order valence-corrected chi connectivity index (χ2v) is 9.73. The maximum absolute atomic E-state index is 12.7. The summed E-state index contributed by atoms with van der Waals surface area (Å²) in [6.07, 6.45) is 2.06. The van der Waals surface area contributed by atoms with Gasteiger partial charge in [-0.25, -0.2) is 9.97 Å². The molecule has 9 heteroatoms. The molecule has 1 fully saturated rings. The van der Waals surface area contributed by atoms with E-state index >= 15 is 0 Å². The number of carbonyl (C=O) groups is 2. The highest BCUT2D eigenvalue weighted by Crippen LogP contribution is 2.35. The quantitative estimate of drug-likeness (QED) is 0.512. The lowest BCUT2D eigenvalue weighted by molar-refractivity contribution is -0.159. The number of nitrogens with one attached hydrogen (secondary N) is 1. The van der Waals surface area contributed by atoms with E-state index in [4.69, 9.17) is 9.47 Å². The van der Waals surface area contributed by atoms with Crippen molar-refractivity contribution in [2.45, 2.75) is 46.3 Å². The number of benzene rings is 1. The Bertz CT molecular complexity index is 1190. The molecule has 0 saturated carbocycles. The molecule has 0 bridgehead atoms. The smallest absolute Gasteiger partial charge is 0.309 e. The molecule has 1 atom stereocenters. The van der Waals surface area contributed by atoms with Gasteiger partial charge in [0.2, 0.25) is 0 Å². The van der Waals surface area contributed by atoms with Gasteiger partial charge in [0.05, 0.1) is 18.4 Å². The minimum absolute atomic E-state index is 0.233. The first-order chi connectivity index (χ1) is 16.4. The second kappa shape index (κ2) is 10.4. The molecule has 1 N–H and O–H groups in total. The molecular formula is C25H30N4O4S. The Morgan fingerprint density at radius 2 is 1.94 bits per heavy atom. The Labute approximate surface area is 203 Å². The molecule has 180 valence electrons. The third-order valence-electron chi connectivity index (χ3n) is 6.38. The number of ether oxygens (including phenoxy) is 2. The molecule has 0 spiro atoms. The van der Waals surface area contributed by atoms with Crippen molar-refractivity contribution < 1.29 is 19.1 Å². The fraction of sp³-hybridized carbons (Fsp3) is 0.440. The number of hydrogen-bond acceptors (Lipinski definition) is 8. The van der Waals surface area contributed by atoms with E-state index in [-0.39, 0.29) is 17.8 Å². The minimum atomic E-state index is -0.863. The van der Waals surface area contributed by atoms with Gasteiger partial charge in [0.15, 0.2) is 6.10 Å². The fourth-order valence-corrected chi connectivity index (χ4v) is 5.22. The number of aryl methyl sites for hydroxylation is 2. The first-order valence-electron chi connectivity index (χ1n) is 11.4. The van der Waals surface area contributed by atoms with Crippen molar-refractivity contribution in [3.8, 4) is 5.75 Å². The summed E-state index contributed by atoms with van der Waals surface area (Å²) in [6.45, 7) is 7.51. The molecule has 34 heavy (non-hydrogen) atoms. The van der Waals surface area contributed by atoms with E-state index in [1.54, 1.807) is 31.7 Å². The SMILES string of the molecule is COc1ccccc1CNC(=O)C(C)OC(=O)C1CCN(c2ncnc3sc(C)c(C)c23)CC1. The molecular weight excluding hydrogens is 452 g/mol. The van der Waals surface area contributed by atoms with Crippen LogP contribution < -0.4 is 15.0 Å². The third-order valence-corrected chi connectivity index (χ3v) is 7.50. The number of rotatable bonds is 7. The van der Waals surface area contributed by atoms with E-state index in [2.05, 4.69) is 34.0 Å². The molecule has 1 amide bonds. The van der Waals surface area contributed by atoms with Crippen LogP contribution in [0.25, 0.3) is 10.2 Å². The molecule has 1 aromatic carbocycles. The largest absolute Gasteiger partial charge is 0.496 e. The zero-order chi connectivity index (χ0) is 24.2. The van der Waals surface area contributed by atoms with Crippen molar-refractivity contribution in [2.24, 2.45) is 5.92 Å². The summed E-state index contributed by atoms with van der Waals surface area (Å²) in [5.74, 6) is 0.748. The van der Waals surface area contributed by atoms with Gasteiger partial charge in [-0.2, -0.15) is 0 Å². The normalized spacial score (nSPS) is 15.2. The average Bonchev–Trinajstić information content (AvgIpc) is 3.16. The second-order valence-electron chi connectivity index (χ2n) is 8.53. The van der Waals surface area contributed by atoms with Crippen molar-refractivity contribution in [1.82, 2.24) is 15.3 Å². The number of esters is 1. The number of amides is 1. The van der Waals surface area contributed by atoms with Gasteiger partial charge in [0.1, 0.15) is 22.7 Å². The molecule has 3 heterocycles. The summed E-state index contributed by atoms with van der Waals surface area (Å²) in [5.41, 5.74) is 2.07. The Morgan fingerprint density at radius 1 is 1.21 bits per heavy atom. The van der Waals surface area contributed by atoms with Crippen molar-refractivity contribution in [1.29, 1.82) is 0 Å². The fourth-order valence-electron chi connectivity index (χ4n) is 4.23. The number of methoxy groups -OCH3 is 1. The van der Waals surface area contributed by atoms with Crippen LogP contribution in [0.5, 0.6) is 5.75 Å². The molecule has 4 rings (SSSR count). The number of anilines is 1. The van der Waals surface area contributed by atoms with Crippen LogP contribution in [-0.4, -0.2) is 48.1 Å². The van der Waals surface area contributed by atoms with Crippen molar-refractivity contribution in [3.05, 3.63) is 46.6 Å². The molecule has 3 aromatic rings. The van der Waals surface area contributed by atoms with Crippen LogP contribution in [0.15, 0.2) is 30.6 Å². The number of fused-ring (bicyclic) bond motifs is 1. The molecule has 1 aliphatic heterocycles. The zero-order valence-corrected chi connectivity index (χ0v) is 20.8. The average molecular weight is 483 g/mol. The highest BCUT2D eigenvalue weighted by molar-refractivity contribution is 7.18. The Kier molecular flexibility index (Phi) is 7.31. The van der Waals surface area contributed by atoms with Crippen LogP contribution in [0.4, 0.5) is 5.82 Å². The first kappa shape index (κ1) is 23.9. The third kappa shape index (κ3) is 4.99. The summed E-state index contributed by atoms with van der Waals surface area (Å²) < 4.78 is 10.8. The van der Waals surface area contributed by atoms with Crippen LogP contribution >= 0.6 is 11.3 Å². The van der Waals surface area contributed by atoms with Crippen molar-refractivity contribution in [3.63, 3.8) is 0 Å². The summed E-state index contributed by atoms with van der Waals surface area (Å²) in [6, 6.07) is 7.47. The van der Waals surface area contributed by atoms with Crippen molar-refractivity contribution in [2.75, 3.05) is 25.1 Å². The highest BCUT2D eigenvalue weighted by atomic mass is 32.1. The van der Waals surface area contributed by atoms with Crippen LogP contribution in [0, 0.1) is 19.8 Å². The van der Waals surface area contributed by atoms with E-state index in [0.717, 1.165) is 21.6 Å². The van der Waals surface area contributed by atoms with E-state index < -0.39 is 6.10 Å². The molecule has 1 unspecified atom stereocenters. The Morgan fingerprint density at radius 3 is 2.68 bits per heavy atom.